The first-order valence-electron chi connectivity index (χ1n) is 8.48. The Hall–Kier alpha value is -2.81. The van der Waals surface area contributed by atoms with Crippen molar-refractivity contribution >= 4 is 28.4 Å². The number of esters is 1. The molecule has 146 valence electrons. The van der Waals surface area contributed by atoms with Crippen molar-refractivity contribution in [2.75, 3.05) is 38.7 Å². The zero-order valence-electron chi connectivity index (χ0n) is 15.5. The molecule has 0 aliphatic rings. The molecule has 2 N–H and O–H groups in total. The maximum Gasteiger partial charge on any atom is 0.343 e. The van der Waals surface area contributed by atoms with Gasteiger partial charge in [0, 0.05) is 7.05 Å². The van der Waals surface area contributed by atoms with Gasteiger partial charge in [-0.05, 0) is 49.6 Å². The second-order valence-corrected chi connectivity index (χ2v) is 6.17. The first kappa shape index (κ1) is 20.5. The van der Waals surface area contributed by atoms with Gasteiger partial charge in [0.05, 0.1) is 18.8 Å². The smallest absolute Gasteiger partial charge is 0.343 e. The van der Waals surface area contributed by atoms with Gasteiger partial charge in [-0.25, -0.2) is 4.79 Å². The van der Waals surface area contributed by atoms with E-state index < -0.39 is 11.9 Å². The van der Waals surface area contributed by atoms with Gasteiger partial charge >= 0.3 is 5.97 Å². The number of aromatic nitrogens is 1. The van der Waals surface area contributed by atoms with Crippen molar-refractivity contribution in [1.29, 1.82) is 0 Å². The molecule has 0 aliphatic heterocycles. The predicted octanol–water partition coefficient (Wildman–Crippen LogP) is 2.24. The maximum absolute atomic E-state index is 12.1. The Morgan fingerprint density at radius 3 is 2.44 bits per heavy atom. The van der Waals surface area contributed by atoms with Crippen molar-refractivity contribution in [2.24, 2.45) is 0 Å². The van der Waals surface area contributed by atoms with Crippen molar-refractivity contribution < 1.29 is 23.8 Å². The van der Waals surface area contributed by atoms with E-state index in [1.165, 1.54) is 11.5 Å². The summed E-state index contributed by atoms with van der Waals surface area (Å²) in [5, 5.41) is 6.13. The van der Waals surface area contributed by atoms with E-state index in [0.717, 1.165) is 5.75 Å². The highest BCUT2D eigenvalue weighted by atomic mass is 32.1. The van der Waals surface area contributed by atoms with Crippen LogP contribution in [0.15, 0.2) is 24.3 Å². The molecule has 1 heterocycles. The minimum atomic E-state index is -0.577. The van der Waals surface area contributed by atoms with Gasteiger partial charge in [-0.15, -0.1) is 0 Å². The molecule has 1 aromatic carbocycles. The summed E-state index contributed by atoms with van der Waals surface area (Å²) in [5.74, 6) is 0.480. The van der Waals surface area contributed by atoms with E-state index in [2.05, 4.69) is 15.0 Å². The minimum Gasteiger partial charge on any atom is -0.494 e. The van der Waals surface area contributed by atoms with Crippen LogP contribution in [0.3, 0.4) is 0 Å². The standard InChI is InChI=1S/C18H23N3O5S/c1-4-24-13-5-7-14(8-6-13)25-10-9-20-15(22)11-26-18(23)16-12(2)21-27-17(16)19-3/h5-8,19H,4,9-11H2,1-3H3,(H,20,22). The number of rotatable bonds is 10. The molecule has 1 aromatic heterocycles. The Bertz CT molecular complexity index is 761. The van der Waals surface area contributed by atoms with Crippen LogP contribution in [-0.4, -0.2) is 49.7 Å². The van der Waals surface area contributed by atoms with Crippen LogP contribution in [0.4, 0.5) is 5.00 Å². The third-order valence-corrected chi connectivity index (χ3v) is 4.41. The Kier molecular flexibility index (Phi) is 7.87. The molecular formula is C18H23N3O5S. The van der Waals surface area contributed by atoms with Gasteiger partial charge in [0.2, 0.25) is 0 Å². The molecule has 0 atom stereocenters. The summed E-state index contributed by atoms with van der Waals surface area (Å²) < 4.78 is 20.0. The normalized spacial score (nSPS) is 10.2. The highest BCUT2D eigenvalue weighted by Gasteiger charge is 2.19. The van der Waals surface area contributed by atoms with Crippen LogP contribution < -0.4 is 20.1 Å². The number of hydrogen-bond donors (Lipinski definition) is 2. The van der Waals surface area contributed by atoms with E-state index in [4.69, 9.17) is 14.2 Å². The zero-order valence-corrected chi connectivity index (χ0v) is 16.4. The Morgan fingerprint density at radius 1 is 1.15 bits per heavy atom. The number of ether oxygens (including phenoxy) is 3. The summed E-state index contributed by atoms with van der Waals surface area (Å²) in [6.07, 6.45) is 0. The van der Waals surface area contributed by atoms with E-state index in [0.29, 0.717) is 41.8 Å². The van der Waals surface area contributed by atoms with Crippen molar-refractivity contribution in [3.63, 3.8) is 0 Å². The second-order valence-electron chi connectivity index (χ2n) is 5.40. The summed E-state index contributed by atoms with van der Waals surface area (Å²) in [5.41, 5.74) is 0.924. The molecule has 0 saturated heterocycles. The number of carbonyl (C=O) groups excluding carboxylic acids is 2. The zero-order chi connectivity index (χ0) is 19.6. The molecule has 0 radical (unpaired) electrons. The average molecular weight is 393 g/mol. The number of amides is 1. The summed E-state index contributed by atoms with van der Waals surface area (Å²) >= 11 is 1.17. The Balaban J connectivity index is 1.67. The Labute approximate surface area is 162 Å². The van der Waals surface area contributed by atoms with Crippen LogP contribution in [0.25, 0.3) is 0 Å². The van der Waals surface area contributed by atoms with Crippen molar-refractivity contribution in [3.8, 4) is 11.5 Å². The topological polar surface area (TPSA) is 98.8 Å². The maximum atomic E-state index is 12.1. The fraction of sp³-hybridized carbons (Fsp3) is 0.389. The number of aryl methyl sites for hydroxylation is 1. The summed E-state index contributed by atoms with van der Waals surface area (Å²) in [4.78, 5) is 23.9. The summed E-state index contributed by atoms with van der Waals surface area (Å²) in [6.45, 7) is 4.47. The van der Waals surface area contributed by atoms with Gasteiger partial charge in [-0.1, -0.05) is 0 Å². The van der Waals surface area contributed by atoms with Crippen molar-refractivity contribution in [2.45, 2.75) is 13.8 Å². The van der Waals surface area contributed by atoms with Crippen LogP contribution in [0.1, 0.15) is 23.0 Å². The van der Waals surface area contributed by atoms with Crippen molar-refractivity contribution in [3.05, 3.63) is 35.5 Å². The summed E-state index contributed by atoms with van der Waals surface area (Å²) in [6, 6.07) is 7.23. The number of benzene rings is 1. The number of carbonyl (C=O) groups is 2. The van der Waals surface area contributed by atoms with Crippen molar-refractivity contribution in [1.82, 2.24) is 9.69 Å². The predicted molar refractivity (Wildman–Crippen MR) is 103 cm³/mol. The van der Waals surface area contributed by atoms with E-state index >= 15 is 0 Å². The van der Waals surface area contributed by atoms with Crippen LogP contribution in [0, 0.1) is 6.92 Å². The van der Waals surface area contributed by atoms with Crippen LogP contribution >= 0.6 is 11.5 Å². The van der Waals surface area contributed by atoms with Gasteiger partial charge in [0.25, 0.3) is 5.91 Å². The molecule has 0 unspecified atom stereocenters. The molecule has 8 nitrogen and oxygen atoms in total. The van der Waals surface area contributed by atoms with Crippen LogP contribution in [0.5, 0.6) is 11.5 Å². The van der Waals surface area contributed by atoms with E-state index in [-0.39, 0.29) is 6.61 Å². The van der Waals surface area contributed by atoms with Gasteiger partial charge in [-0.2, -0.15) is 4.37 Å². The van der Waals surface area contributed by atoms with Crippen LogP contribution in [-0.2, 0) is 9.53 Å². The third kappa shape index (κ3) is 6.14. The van der Waals surface area contributed by atoms with E-state index in [1.807, 2.05) is 19.1 Å². The number of hydrogen-bond acceptors (Lipinski definition) is 8. The summed E-state index contributed by atoms with van der Waals surface area (Å²) in [7, 11) is 1.70. The monoisotopic (exact) mass is 393 g/mol. The largest absolute Gasteiger partial charge is 0.494 e. The number of anilines is 1. The number of nitrogens with zero attached hydrogens (tertiary/aromatic N) is 1. The molecule has 27 heavy (non-hydrogen) atoms. The Morgan fingerprint density at radius 2 is 1.81 bits per heavy atom. The molecule has 0 saturated carbocycles. The average Bonchev–Trinajstić information content (AvgIpc) is 3.05. The number of nitrogens with one attached hydrogen (secondary N) is 2. The quantitative estimate of drug-likeness (QED) is 0.472. The van der Waals surface area contributed by atoms with Gasteiger partial charge in [-0.3, -0.25) is 4.79 Å². The first-order valence-corrected chi connectivity index (χ1v) is 9.26. The highest BCUT2D eigenvalue weighted by molar-refractivity contribution is 7.10. The molecule has 2 rings (SSSR count). The lowest BCUT2D eigenvalue weighted by Gasteiger charge is -2.09. The lowest BCUT2D eigenvalue weighted by atomic mass is 10.2. The fourth-order valence-electron chi connectivity index (χ4n) is 2.19. The molecule has 2 aromatic rings. The highest BCUT2D eigenvalue weighted by Crippen LogP contribution is 2.24. The van der Waals surface area contributed by atoms with Crippen LogP contribution in [0.2, 0.25) is 0 Å². The van der Waals surface area contributed by atoms with E-state index in [1.54, 1.807) is 26.1 Å². The first-order chi connectivity index (χ1) is 13.0. The SMILES string of the molecule is CCOc1ccc(OCCNC(=O)COC(=O)c2c(C)nsc2NC)cc1. The lowest BCUT2D eigenvalue weighted by molar-refractivity contribution is -0.124. The lowest BCUT2D eigenvalue weighted by Crippen LogP contribution is -2.32. The third-order valence-electron chi connectivity index (χ3n) is 3.46. The minimum absolute atomic E-state index is 0.296. The molecule has 0 aliphatic carbocycles. The molecule has 0 fully saturated rings. The molecule has 0 spiro atoms. The molecular weight excluding hydrogens is 370 g/mol. The molecule has 1 amide bonds. The molecule has 0 bridgehead atoms. The second kappa shape index (κ2) is 10.4. The fourth-order valence-corrected chi connectivity index (χ4v) is 2.93. The van der Waals surface area contributed by atoms with Gasteiger partial charge in [0.1, 0.15) is 28.7 Å². The molecule has 9 heteroatoms. The van der Waals surface area contributed by atoms with Gasteiger partial charge < -0.3 is 24.8 Å². The van der Waals surface area contributed by atoms with E-state index in [9.17, 15) is 9.59 Å². The van der Waals surface area contributed by atoms with Gasteiger partial charge in [0.15, 0.2) is 6.61 Å².